The molecule has 2 heterocycles. The van der Waals surface area contributed by atoms with Gasteiger partial charge in [0.2, 0.25) is 0 Å². The highest BCUT2D eigenvalue weighted by Gasteiger charge is 2.30. The van der Waals surface area contributed by atoms with Gasteiger partial charge >= 0.3 is 0 Å². The number of nitrogens with two attached hydrogens (primary N) is 1. The Hall–Kier alpha value is -1.67. The van der Waals surface area contributed by atoms with Crippen LogP contribution in [0.3, 0.4) is 0 Å². The van der Waals surface area contributed by atoms with Crippen LogP contribution in [-0.4, -0.2) is 25.0 Å². The maximum absolute atomic E-state index is 12.0. The quantitative estimate of drug-likeness (QED) is 0.390. The molecule has 0 bridgehead atoms. The second-order valence-corrected chi connectivity index (χ2v) is 6.62. The second-order valence-electron chi connectivity index (χ2n) is 4.59. The van der Waals surface area contributed by atoms with Crippen LogP contribution in [0.25, 0.3) is 11.8 Å². The molecule has 0 aliphatic carbocycles. The highest BCUT2D eigenvalue weighted by molar-refractivity contribution is 8.26. The van der Waals surface area contributed by atoms with E-state index in [9.17, 15) is 4.79 Å². The van der Waals surface area contributed by atoms with E-state index in [0.29, 0.717) is 19.9 Å². The average Bonchev–Trinajstić information content (AvgIpc) is 2.93. The number of benzene rings is 1. The van der Waals surface area contributed by atoms with Gasteiger partial charge in [-0.05, 0) is 25.1 Å². The van der Waals surface area contributed by atoms with Crippen molar-refractivity contribution in [1.82, 2.24) is 14.8 Å². The Balaban J connectivity index is 2.05. The smallest absolute Gasteiger partial charge is 0.267 e. The molecule has 3 rings (SSSR count). The minimum Gasteiger partial charge on any atom is -0.267 e. The first-order valence-corrected chi connectivity index (χ1v) is 7.92. The SMILES string of the molecule is Cc1nn(-c2ccccc2)c(Cl)c1/C=C1/SC(=S)N(N)C1=O. The monoisotopic (exact) mass is 350 g/mol. The van der Waals surface area contributed by atoms with Crippen molar-refractivity contribution in [3.8, 4) is 5.69 Å². The van der Waals surface area contributed by atoms with Crippen LogP contribution in [0, 0.1) is 6.92 Å². The molecule has 112 valence electrons. The Bertz CT molecular complexity index is 801. The summed E-state index contributed by atoms with van der Waals surface area (Å²) < 4.78 is 1.95. The summed E-state index contributed by atoms with van der Waals surface area (Å²) in [6.07, 6.45) is 1.68. The van der Waals surface area contributed by atoms with Crippen LogP contribution in [0.15, 0.2) is 35.2 Å². The highest BCUT2D eigenvalue weighted by Crippen LogP contribution is 2.33. The summed E-state index contributed by atoms with van der Waals surface area (Å²) in [5.41, 5.74) is 2.25. The summed E-state index contributed by atoms with van der Waals surface area (Å²) in [4.78, 5) is 12.4. The third-order valence-electron chi connectivity index (χ3n) is 3.15. The molecule has 0 unspecified atom stereocenters. The third-order valence-corrected chi connectivity index (χ3v) is 4.84. The van der Waals surface area contributed by atoms with E-state index in [2.05, 4.69) is 5.10 Å². The number of carbonyl (C=O) groups excluding carboxylic acids is 1. The number of aromatic nitrogens is 2. The molecule has 0 saturated carbocycles. The number of amides is 1. The number of rotatable bonds is 2. The van der Waals surface area contributed by atoms with Crippen molar-refractivity contribution in [3.63, 3.8) is 0 Å². The van der Waals surface area contributed by atoms with Gasteiger partial charge in [0.1, 0.15) is 5.15 Å². The van der Waals surface area contributed by atoms with Gasteiger partial charge < -0.3 is 0 Å². The topological polar surface area (TPSA) is 64.2 Å². The van der Waals surface area contributed by atoms with E-state index in [-0.39, 0.29) is 5.91 Å². The number of aryl methyl sites for hydroxylation is 1. The van der Waals surface area contributed by atoms with E-state index >= 15 is 0 Å². The lowest BCUT2D eigenvalue weighted by molar-refractivity contribution is -0.122. The van der Waals surface area contributed by atoms with Crippen molar-refractivity contribution >= 4 is 51.9 Å². The molecule has 1 aromatic heterocycles. The van der Waals surface area contributed by atoms with E-state index < -0.39 is 0 Å². The van der Waals surface area contributed by atoms with E-state index in [1.807, 2.05) is 37.3 Å². The number of hydrazine groups is 1. The van der Waals surface area contributed by atoms with Crippen LogP contribution in [0.2, 0.25) is 5.15 Å². The van der Waals surface area contributed by atoms with Crippen LogP contribution >= 0.6 is 35.6 Å². The first kappa shape index (κ1) is 15.2. The molecular weight excluding hydrogens is 340 g/mol. The number of halogens is 1. The maximum Gasteiger partial charge on any atom is 0.280 e. The summed E-state index contributed by atoms with van der Waals surface area (Å²) in [5, 5.41) is 5.82. The number of hydrogen-bond acceptors (Lipinski definition) is 5. The highest BCUT2D eigenvalue weighted by atomic mass is 35.5. The minimum atomic E-state index is -0.335. The lowest BCUT2D eigenvalue weighted by Crippen LogP contribution is -2.34. The molecule has 0 spiro atoms. The second kappa shape index (κ2) is 5.85. The fourth-order valence-electron chi connectivity index (χ4n) is 2.03. The molecule has 1 amide bonds. The lowest BCUT2D eigenvalue weighted by atomic mass is 10.2. The number of para-hydroxylation sites is 1. The first-order chi connectivity index (χ1) is 10.5. The molecule has 1 saturated heterocycles. The number of thioether (sulfide) groups is 1. The molecule has 8 heteroatoms. The number of nitrogens with zero attached hydrogens (tertiary/aromatic N) is 3. The van der Waals surface area contributed by atoms with Gasteiger partial charge in [-0.2, -0.15) is 5.10 Å². The Morgan fingerprint density at radius 3 is 2.64 bits per heavy atom. The van der Waals surface area contributed by atoms with E-state index in [0.717, 1.165) is 28.2 Å². The van der Waals surface area contributed by atoms with Crippen molar-refractivity contribution in [1.29, 1.82) is 0 Å². The molecule has 0 atom stereocenters. The average molecular weight is 351 g/mol. The van der Waals surface area contributed by atoms with Crippen LogP contribution in [0.4, 0.5) is 0 Å². The molecule has 22 heavy (non-hydrogen) atoms. The van der Waals surface area contributed by atoms with Crippen molar-refractivity contribution in [2.24, 2.45) is 5.84 Å². The Kier molecular flexibility index (Phi) is 4.05. The Labute approximate surface area is 141 Å². The first-order valence-electron chi connectivity index (χ1n) is 6.32. The predicted octanol–water partition coefficient (Wildman–Crippen LogP) is 2.91. The molecule has 5 nitrogen and oxygen atoms in total. The van der Waals surface area contributed by atoms with Gasteiger partial charge in [-0.25, -0.2) is 15.5 Å². The van der Waals surface area contributed by atoms with Gasteiger partial charge in [0.05, 0.1) is 16.3 Å². The summed E-state index contributed by atoms with van der Waals surface area (Å²) in [6.45, 7) is 1.83. The molecule has 1 fully saturated rings. The predicted molar refractivity (Wildman–Crippen MR) is 92.5 cm³/mol. The van der Waals surface area contributed by atoms with Crippen LogP contribution in [0.1, 0.15) is 11.3 Å². The Morgan fingerprint density at radius 1 is 1.36 bits per heavy atom. The maximum atomic E-state index is 12.0. The van der Waals surface area contributed by atoms with Crippen molar-refractivity contribution in [3.05, 3.63) is 51.6 Å². The summed E-state index contributed by atoms with van der Waals surface area (Å²) >= 11 is 12.6. The normalized spacial score (nSPS) is 16.9. The molecule has 1 aliphatic heterocycles. The van der Waals surface area contributed by atoms with Gasteiger partial charge in [0.15, 0.2) is 4.32 Å². The van der Waals surface area contributed by atoms with E-state index in [1.54, 1.807) is 10.8 Å². The van der Waals surface area contributed by atoms with Crippen LogP contribution in [0.5, 0.6) is 0 Å². The largest absolute Gasteiger partial charge is 0.280 e. The molecule has 0 radical (unpaired) electrons. The molecular formula is C14H11ClN4OS2. The molecule has 1 aromatic carbocycles. The van der Waals surface area contributed by atoms with Gasteiger partial charge in [-0.1, -0.05) is 53.8 Å². The zero-order valence-electron chi connectivity index (χ0n) is 11.5. The zero-order chi connectivity index (χ0) is 15.9. The summed E-state index contributed by atoms with van der Waals surface area (Å²) in [6, 6.07) is 9.54. The number of hydrogen-bond donors (Lipinski definition) is 1. The van der Waals surface area contributed by atoms with Crippen LogP contribution in [-0.2, 0) is 4.79 Å². The van der Waals surface area contributed by atoms with Crippen LogP contribution < -0.4 is 5.84 Å². The standard InChI is InChI=1S/C14H11ClN4OS2/c1-8-10(7-11-13(20)18(16)14(21)22-11)12(15)19(17-8)9-5-3-2-4-6-9/h2-7H,16H2,1H3/b11-7+. The third kappa shape index (κ3) is 2.56. The minimum absolute atomic E-state index is 0.320. The Morgan fingerprint density at radius 2 is 2.05 bits per heavy atom. The number of thiocarbonyl (C=S) groups is 1. The van der Waals surface area contributed by atoms with Gasteiger partial charge in [0, 0.05) is 5.56 Å². The van der Waals surface area contributed by atoms with Gasteiger partial charge in [-0.3, -0.25) is 4.79 Å². The van der Waals surface area contributed by atoms with E-state index in [1.165, 1.54) is 0 Å². The summed E-state index contributed by atoms with van der Waals surface area (Å²) in [7, 11) is 0. The lowest BCUT2D eigenvalue weighted by Gasteiger charge is -2.03. The molecule has 1 aliphatic rings. The van der Waals surface area contributed by atoms with Crippen molar-refractivity contribution in [2.45, 2.75) is 6.92 Å². The molecule has 2 aromatic rings. The zero-order valence-corrected chi connectivity index (χ0v) is 13.9. The fraction of sp³-hybridized carbons (Fsp3) is 0.0714. The summed E-state index contributed by atoms with van der Waals surface area (Å²) in [5.74, 6) is 5.23. The number of carbonyl (C=O) groups is 1. The van der Waals surface area contributed by atoms with Gasteiger partial charge in [-0.15, -0.1) is 0 Å². The molecule has 2 N–H and O–H groups in total. The van der Waals surface area contributed by atoms with Crippen molar-refractivity contribution in [2.75, 3.05) is 0 Å². The van der Waals surface area contributed by atoms with E-state index in [4.69, 9.17) is 29.7 Å². The van der Waals surface area contributed by atoms with Gasteiger partial charge in [0.25, 0.3) is 5.91 Å². The van der Waals surface area contributed by atoms with Crippen molar-refractivity contribution < 1.29 is 4.79 Å². The fourth-order valence-corrected chi connectivity index (χ4v) is 3.44.